The van der Waals surface area contributed by atoms with E-state index in [-0.39, 0.29) is 31.4 Å². The van der Waals surface area contributed by atoms with Crippen LogP contribution in [0.5, 0.6) is 0 Å². The van der Waals surface area contributed by atoms with Gasteiger partial charge >= 0.3 is 6.09 Å². The summed E-state index contributed by atoms with van der Waals surface area (Å²) in [5, 5.41) is 11.4. The second-order valence-corrected chi connectivity index (χ2v) is 17.1. The van der Waals surface area contributed by atoms with Gasteiger partial charge in [-0.3, -0.25) is 15.0 Å². The highest BCUT2D eigenvalue weighted by Crippen LogP contribution is 2.33. The monoisotopic (exact) mass is 574 g/mol. The lowest BCUT2D eigenvalue weighted by atomic mass is 10.1. The number of hydrogen-bond donors (Lipinski definition) is 0. The molecule has 1 saturated heterocycles. The van der Waals surface area contributed by atoms with E-state index in [0.29, 0.717) is 36.7 Å². The zero-order chi connectivity index (χ0) is 29.5. The van der Waals surface area contributed by atoms with Crippen LogP contribution >= 0.6 is 0 Å². The first-order valence-electron chi connectivity index (χ1n) is 13.5. The summed E-state index contributed by atoms with van der Waals surface area (Å²) in [5.74, 6) is 0.366. The number of morpholine rings is 1. The predicted molar refractivity (Wildman–Crippen MR) is 156 cm³/mol. The lowest BCUT2D eigenvalue weighted by molar-refractivity contribution is -0.384. The molecule has 1 aromatic carbocycles. The fourth-order valence-corrected chi connectivity index (χ4v) is 5.70. The van der Waals surface area contributed by atoms with Gasteiger partial charge < -0.3 is 23.8 Å². The van der Waals surface area contributed by atoms with Gasteiger partial charge in [0.1, 0.15) is 18.2 Å². The molecular weight excluding hydrogens is 532 g/mol. The average Bonchev–Trinajstić information content (AvgIpc) is 2.88. The Balaban J connectivity index is 2.09. The van der Waals surface area contributed by atoms with Crippen molar-refractivity contribution in [1.29, 1.82) is 0 Å². The number of benzene rings is 1. The number of carbonyl (C=O) groups excluding carboxylic acids is 1. The van der Waals surface area contributed by atoms with Crippen LogP contribution in [0.15, 0.2) is 36.5 Å². The Morgan fingerprint density at radius 1 is 1.25 bits per heavy atom. The third kappa shape index (κ3) is 8.72. The van der Waals surface area contributed by atoms with E-state index < -0.39 is 24.7 Å². The van der Waals surface area contributed by atoms with Crippen molar-refractivity contribution in [3.63, 3.8) is 0 Å². The molecule has 2 heterocycles. The van der Waals surface area contributed by atoms with Crippen molar-refractivity contribution in [3.8, 4) is 0 Å². The van der Waals surface area contributed by atoms with E-state index in [0.717, 1.165) is 12.2 Å². The molecule has 0 aliphatic carbocycles. The Kier molecular flexibility index (Phi) is 10.6. The van der Waals surface area contributed by atoms with Crippen LogP contribution in [0, 0.1) is 10.1 Å². The molecule has 12 heteroatoms. The second kappa shape index (κ2) is 13.5. The minimum Gasteiger partial charge on any atom is -0.443 e. The third-order valence-electron chi connectivity index (χ3n) is 6.33. The Hall–Kier alpha value is -3.06. The minimum atomic E-state index is -1.60. The molecule has 11 nitrogen and oxygen atoms in total. The van der Waals surface area contributed by atoms with Crippen LogP contribution in [0.25, 0.3) is 0 Å². The number of amides is 1. The fraction of sp³-hybridized carbons (Fsp3) is 0.571. The molecule has 1 aliphatic heterocycles. The van der Waals surface area contributed by atoms with Gasteiger partial charge in [-0.2, -0.15) is 0 Å². The van der Waals surface area contributed by atoms with E-state index >= 15 is 0 Å². The summed E-state index contributed by atoms with van der Waals surface area (Å²) >= 11 is 0. The standard InChI is InChI=1S/C28H42N4O7Si/c1-8-36-20-37-19-23-24(30-14-15-38-25(18-30)40(5,6)7)12-13-29-26(23)31(27(33)39-28(2,3)4)17-21-10-9-11-22(16-21)32(34)35/h9-13,16,25H,8,14-15,17-20H2,1-7H3. The van der Waals surface area contributed by atoms with Crippen molar-refractivity contribution in [2.75, 3.05) is 42.9 Å². The molecule has 0 bridgehead atoms. The molecule has 0 spiro atoms. The Labute approximate surface area is 237 Å². The number of aromatic nitrogens is 1. The molecule has 220 valence electrons. The number of rotatable bonds is 11. The smallest absolute Gasteiger partial charge is 0.416 e. The number of non-ortho nitro benzene ring substituents is 1. The van der Waals surface area contributed by atoms with Gasteiger partial charge in [-0.25, -0.2) is 9.78 Å². The number of carbonyl (C=O) groups is 1. The van der Waals surface area contributed by atoms with Gasteiger partial charge in [-0.15, -0.1) is 0 Å². The topological polar surface area (TPSA) is 117 Å². The summed E-state index contributed by atoms with van der Waals surface area (Å²) < 4.78 is 23.2. The number of pyridine rings is 1. The van der Waals surface area contributed by atoms with Gasteiger partial charge in [0, 0.05) is 49.3 Å². The molecule has 1 fully saturated rings. The van der Waals surface area contributed by atoms with Gasteiger partial charge in [-0.1, -0.05) is 31.8 Å². The van der Waals surface area contributed by atoms with Crippen LogP contribution in [-0.4, -0.2) is 68.5 Å². The third-order valence-corrected chi connectivity index (χ3v) is 8.61. The van der Waals surface area contributed by atoms with Crippen LogP contribution in [0.2, 0.25) is 19.6 Å². The van der Waals surface area contributed by atoms with Crippen LogP contribution in [0.3, 0.4) is 0 Å². The largest absolute Gasteiger partial charge is 0.443 e. The molecule has 3 rings (SSSR count). The van der Waals surface area contributed by atoms with Gasteiger partial charge in [0.2, 0.25) is 0 Å². The highest BCUT2D eigenvalue weighted by molar-refractivity contribution is 6.77. The quantitative estimate of drug-likeness (QED) is 0.112. The van der Waals surface area contributed by atoms with Gasteiger partial charge in [0.05, 0.1) is 38.5 Å². The predicted octanol–water partition coefficient (Wildman–Crippen LogP) is 5.52. The van der Waals surface area contributed by atoms with Crippen LogP contribution in [0.4, 0.5) is 22.0 Å². The van der Waals surface area contributed by atoms with E-state index in [1.54, 1.807) is 39.1 Å². The van der Waals surface area contributed by atoms with Gasteiger partial charge in [0.25, 0.3) is 5.69 Å². The first kappa shape index (κ1) is 31.5. The maximum Gasteiger partial charge on any atom is 0.416 e. The van der Waals surface area contributed by atoms with Crippen molar-refractivity contribution in [2.24, 2.45) is 0 Å². The average molecular weight is 575 g/mol. The summed E-state index contributed by atoms with van der Waals surface area (Å²) in [4.78, 5) is 32.9. The number of nitro benzene ring substituents is 1. The minimum absolute atomic E-state index is 0.0200. The molecule has 1 unspecified atom stereocenters. The molecule has 40 heavy (non-hydrogen) atoms. The first-order chi connectivity index (χ1) is 18.8. The Bertz CT molecular complexity index is 1170. The summed E-state index contributed by atoms with van der Waals surface area (Å²) in [5.41, 5.74) is 1.47. The van der Waals surface area contributed by atoms with E-state index in [1.807, 2.05) is 13.0 Å². The highest BCUT2D eigenvalue weighted by atomic mass is 28.3. The molecule has 2 aromatic rings. The summed E-state index contributed by atoms with van der Waals surface area (Å²) in [6.45, 7) is 16.9. The fourth-order valence-electron chi connectivity index (χ4n) is 4.31. The Morgan fingerprint density at radius 3 is 2.65 bits per heavy atom. The molecule has 1 amide bonds. The van der Waals surface area contributed by atoms with Crippen molar-refractivity contribution in [3.05, 3.63) is 57.8 Å². The Morgan fingerprint density at radius 2 is 2.00 bits per heavy atom. The summed E-state index contributed by atoms with van der Waals surface area (Å²) in [7, 11) is -1.60. The zero-order valence-electron chi connectivity index (χ0n) is 24.6. The van der Waals surface area contributed by atoms with Crippen LogP contribution in [0.1, 0.15) is 38.8 Å². The molecule has 0 N–H and O–H groups in total. The zero-order valence-corrected chi connectivity index (χ0v) is 25.6. The number of nitrogens with zero attached hydrogens (tertiary/aromatic N) is 4. The number of ether oxygens (including phenoxy) is 4. The first-order valence-corrected chi connectivity index (χ1v) is 17.1. The van der Waals surface area contributed by atoms with Crippen LogP contribution in [-0.2, 0) is 32.1 Å². The van der Waals surface area contributed by atoms with Crippen LogP contribution < -0.4 is 9.80 Å². The molecule has 1 aromatic heterocycles. The normalized spacial score (nSPS) is 16.1. The number of anilines is 2. The molecule has 1 aliphatic rings. The lowest BCUT2D eigenvalue weighted by Crippen LogP contribution is -2.53. The van der Waals surface area contributed by atoms with E-state index in [1.165, 1.54) is 17.0 Å². The van der Waals surface area contributed by atoms with Crippen molar-refractivity contribution in [1.82, 2.24) is 4.98 Å². The summed E-state index contributed by atoms with van der Waals surface area (Å²) in [6.07, 6.45) is 1.05. The van der Waals surface area contributed by atoms with E-state index in [9.17, 15) is 14.9 Å². The molecular formula is C28H42N4O7Si. The van der Waals surface area contributed by atoms with E-state index in [4.69, 9.17) is 18.9 Å². The van der Waals surface area contributed by atoms with Crippen molar-refractivity contribution < 1.29 is 28.7 Å². The second-order valence-electron chi connectivity index (χ2n) is 11.8. The number of nitro groups is 1. The van der Waals surface area contributed by atoms with Crippen molar-refractivity contribution in [2.45, 2.75) is 71.8 Å². The SMILES string of the molecule is CCOCOCc1c(N2CCOC([Si](C)(C)C)C2)ccnc1N(Cc1cccc([N+](=O)[O-])c1)C(=O)OC(C)(C)C. The maximum atomic E-state index is 13.6. The lowest BCUT2D eigenvalue weighted by Gasteiger charge is -2.40. The van der Waals surface area contributed by atoms with Gasteiger partial charge in [0.15, 0.2) is 0 Å². The highest BCUT2D eigenvalue weighted by Gasteiger charge is 2.34. The maximum absolute atomic E-state index is 13.6. The number of hydrogen-bond acceptors (Lipinski definition) is 9. The molecule has 0 radical (unpaired) electrons. The van der Waals surface area contributed by atoms with Crippen molar-refractivity contribution >= 4 is 31.4 Å². The summed E-state index contributed by atoms with van der Waals surface area (Å²) in [6, 6.07) is 8.13. The van der Waals surface area contributed by atoms with E-state index in [2.05, 4.69) is 29.5 Å². The van der Waals surface area contributed by atoms with Gasteiger partial charge in [-0.05, 0) is 39.3 Å². The molecule has 0 saturated carbocycles. The molecule has 1 atom stereocenters.